The molecule has 2 aromatic rings. The molecule has 2 aromatic carbocycles. The van der Waals surface area contributed by atoms with Crippen molar-refractivity contribution in [3.05, 3.63) is 48.0 Å². The molecule has 0 fully saturated rings. The SMILES string of the molecule is CN(C)CCN=Cc1cccc2ccccc12. The molecule has 88 valence electrons. The van der Waals surface area contributed by atoms with Gasteiger partial charge in [-0.25, -0.2) is 0 Å². The van der Waals surface area contributed by atoms with E-state index in [1.54, 1.807) is 0 Å². The molecule has 2 heteroatoms. The van der Waals surface area contributed by atoms with Crippen LogP contribution in [-0.2, 0) is 0 Å². The molecule has 0 bridgehead atoms. The van der Waals surface area contributed by atoms with Crippen molar-refractivity contribution in [2.24, 2.45) is 4.99 Å². The summed E-state index contributed by atoms with van der Waals surface area (Å²) in [5.41, 5.74) is 1.20. The van der Waals surface area contributed by atoms with E-state index in [1.807, 2.05) is 6.21 Å². The maximum Gasteiger partial charge on any atom is 0.0516 e. The van der Waals surface area contributed by atoms with Gasteiger partial charge in [0.15, 0.2) is 0 Å². The minimum Gasteiger partial charge on any atom is -0.308 e. The van der Waals surface area contributed by atoms with E-state index in [9.17, 15) is 0 Å². The highest BCUT2D eigenvalue weighted by molar-refractivity contribution is 5.99. The third kappa shape index (κ3) is 3.14. The summed E-state index contributed by atoms with van der Waals surface area (Å²) < 4.78 is 0. The fourth-order valence-corrected chi connectivity index (χ4v) is 1.78. The number of hydrogen-bond acceptors (Lipinski definition) is 2. The number of benzene rings is 2. The van der Waals surface area contributed by atoms with E-state index < -0.39 is 0 Å². The molecule has 0 radical (unpaired) electrons. The predicted octanol–water partition coefficient (Wildman–Crippen LogP) is 2.82. The first kappa shape index (κ1) is 11.8. The lowest BCUT2D eigenvalue weighted by molar-refractivity contribution is 0.421. The lowest BCUT2D eigenvalue weighted by Gasteiger charge is -2.05. The van der Waals surface area contributed by atoms with Crippen molar-refractivity contribution >= 4 is 17.0 Å². The fraction of sp³-hybridized carbons (Fsp3) is 0.267. The zero-order valence-electron chi connectivity index (χ0n) is 10.4. The fourth-order valence-electron chi connectivity index (χ4n) is 1.78. The van der Waals surface area contributed by atoms with Crippen LogP contribution in [0, 0.1) is 0 Å². The van der Waals surface area contributed by atoms with E-state index in [0.717, 1.165) is 13.1 Å². The van der Waals surface area contributed by atoms with Gasteiger partial charge in [0.05, 0.1) is 6.54 Å². The molecule has 0 aliphatic rings. The Morgan fingerprint density at radius 2 is 1.82 bits per heavy atom. The molecule has 0 aliphatic heterocycles. The Morgan fingerprint density at radius 3 is 2.65 bits per heavy atom. The van der Waals surface area contributed by atoms with Crippen molar-refractivity contribution in [3.63, 3.8) is 0 Å². The molecule has 17 heavy (non-hydrogen) atoms. The Morgan fingerprint density at radius 1 is 1.06 bits per heavy atom. The Balaban J connectivity index is 2.18. The first-order valence-corrected chi connectivity index (χ1v) is 5.90. The zero-order valence-corrected chi connectivity index (χ0v) is 10.4. The topological polar surface area (TPSA) is 15.6 Å². The summed E-state index contributed by atoms with van der Waals surface area (Å²) in [6, 6.07) is 14.7. The Hall–Kier alpha value is -1.67. The molecule has 0 atom stereocenters. The van der Waals surface area contributed by atoms with Gasteiger partial charge in [-0.3, -0.25) is 4.99 Å². The Labute approximate surface area is 103 Å². The van der Waals surface area contributed by atoms with Crippen LogP contribution in [0.5, 0.6) is 0 Å². The molecule has 0 aliphatic carbocycles. The summed E-state index contributed by atoms with van der Waals surface area (Å²) in [7, 11) is 4.13. The second-order valence-corrected chi connectivity index (χ2v) is 4.41. The van der Waals surface area contributed by atoms with Crippen LogP contribution in [0.25, 0.3) is 10.8 Å². The first-order chi connectivity index (χ1) is 8.27. The number of hydrogen-bond donors (Lipinski definition) is 0. The van der Waals surface area contributed by atoms with Gasteiger partial charge in [-0.1, -0.05) is 42.5 Å². The average molecular weight is 226 g/mol. The van der Waals surface area contributed by atoms with Crippen molar-refractivity contribution in [2.45, 2.75) is 0 Å². The highest BCUT2D eigenvalue weighted by Gasteiger charge is 1.96. The minimum atomic E-state index is 0.843. The Bertz CT molecular complexity index is 510. The smallest absolute Gasteiger partial charge is 0.0516 e. The van der Waals surface area contributed by atoms with E-state index in [4.69, 9.17) is 0 Å². The molecular weight excluding hydrogens is 208 g/mol. The van der Waals surface area contributed by atoms with E-state index in [-0.39, 0.29) is 0 Å². The van der Waals surface area contributed by atoms with Crippen molar-refractivity contribution in [1.29, 1.82) is 0 Å². The molecule has 2 rings (SSSR count). The van der Waals surface area contributed by atoms with Gasteiger partial charge in [-0.15, -0.1) is 0 Å². The predicted molar refractivity (Wildman–Crippen MR) is 75.0 cm³/mol. The quantitative estimate of drug-likeness (QED) is 0.732. The van der Waals surface area contributed by atoms with Gasteiger partial charge in [0, 0.05) is 18.3 Å². The van der Waals surface area contributed by atoms with E-state index in [1.165, 1.54) is 16.3 Å². The molecule has 0 spiro atoms. The van der Waals surface area contributed by atoms with Crippen LogP contribution in [0.4, 0.5) is 0 Å². The Kier molecular flexibility index (Phi) is 3.89. The molecule has 0 amide bonds. The lowest BCUT2D eigenvalue weighted by Crippen LogP contribution is -2.15. The summed E-state index contributed by atoms with van der Waals surface area (Å²) >= 11 is 0. The summed E-state index contributed by atoms with van der Waals surface area (Å²) in [5.74, 6) is 0. The first-order valence-electron chi connectivity index (χ1n) is 5.90. The van der Waals surface area contributed by atoms with Gasteiger partial charge in [-0.2, -0.15) is 0 Å². The van der Waals surface area contributed by atoms with Crippen LogP contribution in [-0.4, -0.2) is 38.3 Å². The normalized spacial score (nSPS) is 11.7. The van der Waals surface area contributed by atoms with Crippen LogP contribution in [0.1, 0.15) is 5.56 Å². The van der Waals surface area contributed by atoms with E-state index >= 15 is 0 Å². The molecule has 0 saturated heterocycles. The number of rotatable bonds is 4. The highest BCUT2D eigenvalue weighted by Crippen LogP contribution is 2.16. The van der Waals surface area contributed by atoms with Crippen molar-refractivity contribution in [1.82, 2.24) is 4.90 Å². The standard InChI is InChI=1S/C15H18N2/c1-17(2)11-10-16-12-14-8-5-7-13-6-3-4-9-15(13)14/h3-9,12H,10-11H2,1-2H3. The van der Waals surface area contributed by atoms with Gasteiger partial charge in [0.2, 0.25) is 0 Å². The third-order valence-corrected chi connectivity index (χ3v) is 2.73. The van der Waals surface area contributed by atoms with Gasteiger partial charge >= 0.3 is 0 Å². The summed E-state index contributed by atoms with van der Waals surface area (Å²) in [6.45, 7) is 1.83. The largest absolute Gasteiger partial charge is 0.308 e. The molecule has 0 aromatic heterocycles. The second kappa shape index (κ2) is 5.60. The molecular formula is C15H18N2. The van der Waals surface area contributed by atoms with Crippen LogP contribution < -0.4 is 0 Å². The monoisotopic (exact) mass is 226 g/mol. The van der Waals surface area contributed by atoms with Crippen LogP contribution in [0.3, 0.4) is 0 Å². The third-order valence-electron chi connectivity index (χ3n) is 2.73. The van der Waals surface area contributed by atoms with Crippen LogP contribution in [0.15, 0.2) is 47.5 Å². The van der Waals surface area contributed by atoms with E-state index in [2.05, 4.69) is 66.5 Å². The summed E-state index contributed by atoms with van der Waals surface area (Å²) in [6.07, 6.45) is 1.98. The molecule has 0 heterocycles. The van der Waals surface area contributed by atoms with Crippen LogP contribution >= 0.6 is 0 Å². The van der Waals surface area contributed by atoms with Crippen molar-refractivity contribution in [3.8, 4) is 0 Å². The summed E-state index contributed by atoms with van der Waals surface area (Å²) in [4.78, 5) is 6.60. The summed E-state index contributed by atoms with van der Waals surface area (Å²) in [5, 5.41) is 2.53. The number of aliphatic imine (C=N–C) groups is 1. The van der Waals surface area contributed by atoms with Gasteiger partial charge in [0.1, 0.15) is 0 Å². The van der Waals surface area contributed by atoms with Gasteiger partial charge < -0.3 is 4.90 Å². The van der Waals surface area contributed by atoms with Gasteiger partial charge in [-0.05, 0) is 24.9 Å². The van der Waals surface area contributed by atoms with Gasteiger partial charge in [0.25, 0.3) is 0 Å². The van der Waals surface area contributed by atoms with E-state index in [0.29, 0.717) is 0 Å². The van der Waals surface area contributed by atoms with Crippen molar-refractivity contribution in [2.75, 3.05) is 27.2 Å². The average Bonchev–Trinajstić information content (AvgIpc) is 2.34. The maximum absolute atomic E-state index is 4.47. The number of nitrogens with zero attached hydrogens (tertiary/aromatic N) is 2. The molecule has 0 saturated carbocycles. The lowest BCUT2D eigenvalue weighted by atomic mass is 10.1. The zero-order chi connectivity index (χ0) is 12.1. The molecule has 0 unspecified atom stereocenters. The number of fused-ring (bicyclic) bond motifs is 1. The minimum absolute atomic E-state index is 0.843. The molecule has 2 nitrogen and oxygen atoms in total. The molecule has 0 N–H and O–H groups in total. The highest BCUT2D eigenvalue weighted by atomic mass is 15.1. The maximum atomic E-state index is 4.47. The second-order valence-electron chi connectivity index (χ2n) is 4.41. The van der Waals surface area contributed by atoms with Crippen molar-refractivity contribution < 1.29 is 0 Å². The van der Waals surface area contributed by atoms with Crippen LogP contribution in [0.2, 0.25) is 0 Å². The number of likely N-dealkylation sites (N-methyl/N-ethyl adjacent to an activating group) is 1.